The van der Waals surface area contributed by atoms with E-state index in [4.69, 9.17) is 32.7 Å². The van der Waals surface area contributed by atoms with E-state index in [1.807, 2.05) is 97.4 Å². The van der Waals surface area contributed by atoms with Crippen LogP contribution in [0.3, 0.4) is 0 Å². The molecule has 6 aromatic carbocycles. The summed E-state index contributed by atoms with van der Waals surface area (Å²) in [6.07, 6.45) is 3.62. The highest BCUT2D eigenvalue weighted by Crippen LogP contribution is 2.41. The third-order valence-electron chi connectivity index (χ3n) is 6.69. The largest absolute Gasteiger partial charge is 0.387 e. The van der Waals surface area contributed by atoms with Gasteiger partial charge < -0.3 is 9.47 Å². The van der Waals surface area contributed by atoms with Crippen molar-refractivity contribution < 1.29 is 9.47 Å². The molecule has 0 radical (unpaired) electrons. The second-order valence-corrected chi connectivity index (χ2v) is 9.70. The van der Waals surface area contributed by atoms with Gasteiger partial charge in [-0.05, 0) is 69.1 Å². The van der Waals surface area contributed by atoms with Crippen molar-refractivity contribution in [1.29, 1.82) is 10.5 Å². The number of rotatable bonds is 4. The normalized spacial score (nSPS) is 10.8. The van der Waals surface area contributed by atoms with E-state index in [1.165, 1.54) is 0 Å². The van der Waals surface area contributed by atoms with Crippen molar-refractivity contribution in [2.75, 3.05) is 0 Å². The number of benzene rings is 6. The topological polar surface area (TPSA) is 66.0 Å². The molecule has 0 saturated carbocycles. The van der Waals surface area contributed by atoms with Gasteiger partial charge in [0.15, 0.2) is 11.5 Å². The fourth-order valence-electron chi connectivity index (χ4n) is 5.07. The predicted octanol–water partition coefficient (Wildman–Crippen LogP) is 9.21. The monoisotopic (exact) mass is 530 g/mol. The average molecular weight is 531 g/mol. The van der Waals surface area contributed by atoms with Gasteiger partial charge >= 0.3 is 0 Å². The van der Waals surface area contributed by atoms with Crippen molar-refractivity contribution in [2.45, 2.75) is 0 Å². The van der Waals surface area contributed by atoms with E-state index in [0.717, 1.165) is 54.2 Å². The van der Waals surface area contributed by atoms with Crippen LogP contribution in [0.2, 0.25) is 0 Å². The minimum absolute atomic E-state index is 0.118. The van der Waals surface area contributed by atoms with Gasteiger partial charge in [-0.2, -0.15) is 0 Å². The Bertz CT molecular complexity index is 1890. The lowest BCUT2D eigenvalue weighted by molar-refractivity contribution is 0.518. The first-order chi connectivity index (χ1) is 18.6. The Balaban J connectivity index is 1.56. The van der Waals surface area contributed by atoms with Crippen molar-refractivity contribution in [3.63, 3.8) is 0 Å². The van der Waals surface area contributed by atoms with Crippen molar-refractivity contribution in [1.82, 2.24) is 0 Å². The second-order valence-electron chi connectivity index (χ2n) is 8.75. The van der Waals surface area contributed by atoms with Crippen molar-refractivity contribution in [3.05, 3.63) is 113 Å². The summed E-state index contributed by atoms with van der Waals surface area (Å²) < 4.78 is 10.9. The molecule has 0 aliphatic rings. The summed E-state index contributed by atoms with van der Waals surface area (Å²) in [7, 11) is 0. The number of fused-ring (bicyclic) bond motifs is 4. The zero-order valence-electron chi connectivity index (χ0n) is 19.7. The third kappa shape index (κ3) is 3.94. The average Bonchev–Trinajstić information content (AvgIpc) is 2.92. The van der Waals surface area contributed by atoms with Crippen LogP contribution in [0.5, 0.6) is 11.5 Å². The third-order valence-corrected chi connectivity index (χ3v) is 7.06. The molecule has 0 atom stereocenters. The lowest BCUT2D eigenvalue weighted by atomic mass is 9.93. The standard InChI is InChI=1S/C32H16Cl2N2O2/c33-32(34)29(21-9-11-27-23(15-21)13-19-5-1-3-7-25(19)30(27)37-17-35)22-10-12-28-24(16-22)14-20-6-2-4-8-26(20)31(28)38-18-36/h1-16H. The zero-order chi connectivity index (χ0) is 26.2. The van der Waals surface area contributed by atoms with Gasteiger partial charge in [-0.25, -0.2) is 0 Å². The molecule has 38 heavy (non-hydrogen) atoms. The highest BCUT2D eigenvalue weighted by atomic mass is 35.5. The quantitative estimate of drug-likeness (QED) is 0.168. The van der Waals surface area contributed by atoms with E-state index in [-0.39, 0.29) is 4.49 Å². The number of hydrogen-bond acceptors (Lipinski definition) is 4. The predicted molar refractivity (Wildman–Crippen MR) is 153 cm³/mol. The van der Waals surface area contributed by atoms with Crippen LogP contribution >= 0.6 is 23.2 Å². The van der Waals surface area contributed by atoms with Crippen molar-refractivity contribution >= 4 is 71.9 Å². The Labute approximate surface area is 228 Å². The van der Waals surface area contributed by atoms with Crippen LogP contribution in [0.4, 0.5) is 0 Å². The Morgan fingerprint density at radius 1 is 0.526 bits per heavy atom. The maximum absolute atomic E-state index is 9.27. The zero-order valence-corrected chi connectivity index (χ0v) is 21.2. The highest BCUT2D eigenvalue weighted by Gasteiger charge is 2.16. The SMILES string of the molecule is N#COc1c2ccccc2cc2cc(C(=C(Cl)Cl)c3ccc4c(OC#N)c5ccccc5cc4c3)ccc12. The summed E-state index contributed by atoms with van der Waals surface area (Å²) in [4.78, 5) is 0. The highest BCUT2D eigenvalue weighted by molar-refractivity contribution is 6.59. The molecule has 0 N–H and O–H groups in total. The maximum atomic E-state index is 9.27. The summed E-state index contributed by atoms with van der Waals surface area (Å²) in [5.41, 5.74) is 2.28. The van der Waals surface area contributed by atoms with Crippen LogP contribution in [-0.4, -0.2) is 0 Å². The Kier molecular flexibility index (Phi) is 5.98. The lowest BCUT2D eigenvalue weighted by Gasteiger charge is -2.14. The molecular weight excluding hydrogens is 515 g/mol. The van der Waals surface area contributed by atoms with Gasteiger partial charge in [-0.1, -0.05) is 83.9 Å². The first-order valence-corrected chi connectivity index (χ1v) is 12.4. The van der Waals surface area contributed by atoms with Crippen LogP contribution in [0.25, 0.3) is 48.7 Å². The number of ether oxygens (including phenoxy) is 2. The van der Waals surface area contributed by atoms with Gasteiger partial charge in [0.2, 0.25) is 0 Å². The summed E-state index contributed by atoms with van der Waals surface area (Å²) in [6.45, 7) is 0. The fourth-order valence-corrected chi connectivity index (χ4v) is 5.51. The Morgan fingerprint density at radius 2 is 0.947 bits per heavy atom. The smallest absolute Gasteiger partial charge is 0.292 e. The van der Waals surface area contributed by atoms with Gasteiger partial charge in [-0.15, -0.1) is 10.5 Å². The summed E-state index contributed by atoms with van der Waals surface area (Å²) >= 11 is 13.0. The lowest BCUT2D eigenvalue weighted by Crippen LogP contribution is -1.93. The molecule has 0 aliphatic heterocycles. The molecule has 0 fully saturated rings. The van der Waals surface area contributed by atoms with E-state index in [9.17, 15) is 10.5 Å². The first-order valence-electron chi connectivity index (χ1n) is 11.7. The van der Waals surface area contributed by atoms with Gasteiger partial charge in [0.1, 0.15) is 4.49 Å². The molecule has 0 spiro atoms. The molecule has 6 rings (SSSR count). The molecular formula is C32H16Cl2N2O2. The van der Waals surface area contributed by atoms with Gasteiger partial charge in [0.05, 0.1) is 0 Å². The summed E-state index contributed by atoms with van der Waals surface area (Å²) in [6, 6.07) is 31.3. The molecule has 0 saturated heterocycles. The minimum atomic E-state index is 0.118. The molecule has 0 aromatic heterocycles. The van der Waals surface area contributed by atoms with Crippen LogP contribution in [0.1, 0.15) is 11.1 Å². The van der Waals surface area contributed by atoms with Crippen LogP contribution in [-0.2, 0) is 0 Å². The molecule has 0 aliphatic carbocycles. The van der Waals surface area contributed by atoms with Crippen molar-refractivity contribution in [2.24, 2.45) is 0 Å². The van der Waals surface area contributed by atoms with Gasteiger partial charge in [0, 0.05) is 27.1 Å². The molecule has 180 valence electrons. The number of hydrogen-bond donors (Lipinski definition) is 0. The first kappa shape index (κ1) is 23.6. The van der Waals surface area contributed by atoms with E-state index < -0.39 is 0 Å². The summed E-state index contributed by atoms with van der Waals surface area (Å²) in [5.74, 6) is 1.02. The Hall–Kier alpha value is -4.74. The van der Waals surface area contributed by atoms with Crippen LogP contribution in [0, 0.1) is 23.0 Å². The molecule has 0 unspecified atom stereocenters. The van der Waals surface area contributed by atoms with E-state index in [1.54, 1.807) is 0 Å². The molecule has 0 heterocycles. The van der Waals surface area contributed by atoms with Crippen LogP contribution in [0.15, 0.2) is 102 Å². The molecule has 0 amide bonds. The summed E-state index contributed by atoms with van der Waals surface area (Å²) in [5, 5.41) is 25.5. The number of halogens is 2. The van der Waals surface area contributed by atoms with Crippen LogP contribution < -0.4 is 9.47 Å². The van der Waals surface area contributed by atoms with E-state index in [0.29, 0.717) is 17.1 Å². The number of nitrogens with zero attached hydrogens (tertiary/aromatic N) is 2. The molecule has 6 aromatic rings. The molecule has 0 bridgehead atoms. The Morgan fingerprint density at radius 3 is 1.37 bits per heavy atom. The maximum Gasteiger partial charge on any atom is 0.292 e. The molecule has 6 heteroatoms. The van der Waals surface area contributed by atoms with E-state index in [2.05, 4.69) is 12.1 Å². The fraction of sp³-hybridized carbons (Fsp3) is 0. The van der Waals surface area contributed by atoms with Gasteiger partial charge in [-0.3, -0.25) is 0 Å². The second kappa shape index (κ2) is 9.61. The molecule has 4 nitrogen and oxygen atoms in total. The minimum Gasteiger partial charge on any atom is -0.387 e. The van der Waals surface area contributed by atoms with E-state index >= 15 is 0 Å². The number of nitriles is 2. The van der Waals surface area contributed by atoms with Crippen molar-refractivity contribution in [3.8, 4) is 24.0 Å². The van der Waals surface area contributed by atoms with Gasteiger partial charge in [0.25, 0.3) is 12.5 Å².